The molecule has 2 aromatic carbocycles. The van der Waals surface area contributed by atoms with Gasteiger partial charge >= 0.3 is 5.97 Å². The highest BCUT2D eigenvalue weighted by molar-refractivity contribution is 5.95. The molecule has 1 N–H and O–H groups in total. The highest BCUT2D eigenvalue weighted by Gasteiger charge is 2.28. The molecule has 0 unspecified atom stereocenters. The molecular weight excluding hydrogens is 396 g/mol. The average molecular weight is 420 g/mol. The van der Waals surface area contributed by atoms with Gasteiger partial charge in [-0.3, -0.25) is 9.69 Å². The molecule has 1 aliphatic rings. The molecule has 1 aliphatic heterocycles. The Balaban J connectivity index is 1.40. The highest BCUT2D eigenvalue weighted by atomic mass is 16.5. The second-order valence-corrected chi connectivity index (χ2v) is 7.46. The number of hydrogen-bond acceptors (Lipinski definition) is 7. The molecule has 31 heavy (non-hydrogen) atoms. The molecule has 160 valence electrons. The summed E-state index contributed by atoms with van der Waals surface area (Å²) in [6.07, 6.45) is 4.42. The van der Waals surface area contributed by atoms with E-state index in [1.165, 1.54) is 13.4 Å². The molecule has 1 amide bonds. The number of benzene rings is 2. The Hall–Kier alpha value is -3.59. The van der Waals surface area contributed by atoms with E-state index in [0.29, 0.717) is 12.1 Å². The normalized spacial score (nSPS) is 16.6. The molecule has 0 radical (unpaired) electrons. The number of methoxy groups -OCH3 is 1. The van der Waals surface area contributed by atoms with Crippen molar-refractivity contribution in [2.24, 2.45) is 0 Å². The van der Waals surface area contributed by atoms with Crippen molar-refractivity contribution in [3.05, 3.63) is 66.0 Å². The number of esters is 1. The van der Waals surface area contributed by atoms with E-state index in [0.717, 1.165) is 42.7 Å². The minimum absolute atomic E-state index is 0.0129. The number of likely N-dealkylation sites (tertiary alicyclic amines) is 1. The number of nitrogens with zero attached hydrogens (tertiary/aromatic N) is 5. The van der Waals surface area contributed by atoms with Crippen LogP contribution in [0.3, 0.4) is 0 Å². The number of carbonyl (C=O) groups is 2. The van der Waals surface area contributed by atoms with Crippen LogP contribution in [-0.2, 0) is 16.1 Å². The maximum absolute atomic E-state index is 13.0. The second kappa shape index (κ2) is 9.48. The van der Waals surface area contributed by atoms with Gasteiger partial charge in [0.2, 0.25) is 5.91 Å². The minimum Gasteiger partial charge on any atom is -0.465 e. The average Bonchev–Trinajstić information content (AvgIpc) is 3.35. The number of aromatic nitrogens is 4. The Morgan fingerprint density at radius 3 is 2.55 bits per heavy atom. The molecule has 0 saturated carbocycles. The summed E-state index contributed by atoms with van der Waals surface area (Å²) in [6.45, 7) is 1.51. The van der Waals surface area contributed by atoms with Crippen LogP contribution in [0.4, 0.5) is 5.69 Å². The van der Waals surface area contributed by atoms with Gasteiger partial charge in [-0.1, -0.05) is 18.6 Å². The maximum Gasteiger partial charge on any atom is 0.337 e. The maximum atomic E-state index is 13.0. The number of tetrazole rings is 1. The molecule has 0 spiro atoms. The number of rotatable bonds is 6. The smallest absolute Gasteiger partial charge is 0.337 e. The fourth-order valence-corrected chi connectivity index (χ4v) is 3.78. The summed E-state index contributed by atoms with van der Waals surface area (Å²) in [7, 11) is 1.37. The summed E-state index contributed by atoms with van der Waals surface area (Å²) in [5, 5.41) is 14.1. The minimum atomic E-state index is -0.354. The van der Waals surface area contributed by atoms with E-state index in [1.807, 2.05) is 36.4 Å². The van der Waals surface area contributed by atoms with Gasteiger partial charge < -0.3 is 10.1 Å². The number of hydrogen-bond donors (Lipinski definition) is 1. The molecule has 3 aromatic rings. The number of nitrogens with one attached hydrogen (secondary N) is 1. The molecule has 1 aromatic heterocycles. The van der Waals surface area contributed by atoms with Crippen LogP contribution in [0.25, 0.3) is 5.69 Å². The van der Waals surface area contributed by atoms with Crippen LogP contribution in [0.15, 0.2) is 54.9 Å². The Labute approximate surface area is 180 Å². The van der Waals surface area contributed by atoms with Crippen LogP contribution in [0, 0.1) is 0 Å². The van der Waals surface area contributed by atoms with Crippen LogP contribution in [-0.4, -0.2) is 56.7 Å². The molecule has 9 nitrogen and oxygen atoms in total. The van der Waals surface area contributed by atoms with Gasteiger partial charge in [-0.25, -0.2) is 9.48 Å². The van der Waals surface area contributed by atoms with Crippen LogP contribution in [0.1, 0.15) is 35.2 Å². The molecule has 0 bridgehead atoms. The van der Waals surface area contributed by atoms with Gasteiger partial charge in [0.05, 0.1) is 24.4 Å². The monoisotopic (exact) mass is 420 g/mol. The number of amides is 1. The molecule has 2 heterocycles. The first-order chi connectivity index (χ1) is 15.1. The van der Waals surface area contributed by atoms with Crippen LogP contribution in [0.2, 0.25) is 0 Å². The van der Waals surface area contributed by atoms with Crippen molar-refractivity contribution >= 4 is 17.6 Å². The summed E-state index contributed by atoms with van der Waals surface area (Å²) >= 11 is 0. The first-order valence-corrected chi connectivity index (χ1v) is 10.2. The van der Waals surface area contributed by atoms with Crippen molar-refractivity contribution in [1.29, 1.82) is 0 Å². The SMILES string of the molecule is COC(=O)c1ccc(CN2CCCC[C@@H]2C(=O)Nc2ccc(-n3cnnn3)cc2)cc1. The van der Waals surface area contributed by atoms with Crippen LogP contribution < -0.4 is 5.32 Å². The van der Waals surface area contributed by atoms with E-state index in [4.69, 9.17) is 4.74 Å². The number of carbonyl (C=O) groups excluding carboxylic acids is 2. The van der Waals surface area contributed by atoms with E-state index in [9.17, 15) is 9.59 Å². The largest absolute Gasteiger partial charge is 0.465 e. The number of ether oxygens (including phenoxy) is 1. The third kappa shape index (κ3) is 4.95. The third-order valence-electron chi connectivity index (χ3n) is 5.43. The van der Waals surface area contributed by atoms with E-state index < -0.39 is 0 Å². The van der Waals surface area contributed by atoms with Crippen molar-refractivity contribution in [2.75, 3.05) is 19.0 Å². The number of anilines is 1. The molecule has 1 atom stereocenters. The summed E-state index contributed by atoms with van der Waals surface area (Å²) < 4.78 is 6.30. The fraction of sp³-hybridized carbons (Fsp3) is 0.318. The van der Waals surface area contributed by atoms with Gasteiger partial charge in [0, 0.05) is 12.2 Å². The molecule has 0 aliphatic carbocycles. The van der Waals surface area contributed by atoms with E-state index in [-0.39, 0.29) is 17.9 Å². The van der Waals surface area contributed by atoms with Crippen molar-refractivity contribution in [3.8, 4) is 5.69 Å². The van der Waals surface area contributed by atoms with Gasteiger partial charge in [0.25, 0.3) is 0 Å². The van der Waals surface area contributed by atoms with E-state index >= 15 is 0 Å². The van der Waals surface area contributed by atoms with Crippen LogP contribution >= 0.6 is 0 Å². The molecular formula is C22H24N6O3. The second-order valence-electron chi connectivity index (χ2n) is 7.46. The lowest BCUT2D eigenvalue weighted by atomic mass is 10.00. The van der Waals surface area contributed by atoms with Crippen molar-refractivity contribution < 1.29 is 14.3 Å². The Morgan fingerprint density at radius 2 is 1.87 bits per heavy atom. The Kier molecular flexibility index (Phi) is 6.32. The first kappa shape index (κ1) is 20.7. The predicted octanol–water partition coefficient (Wildman–Crippen LogP) is 2.44. The van der Waals surface area contributed by atoms with Crippen LogP contribution in [0.5, 0.6) is 0 Å². The topological polar surface area (TPSA) is 102 Å². The Bertz CT molecular complexity index is 1020. The standard InChI is InChI=1S/C22H24N6O3/c1-31-22(30)17-7-5-16(6-8-17)14-27-13-3-2-4-20(27)21(29)24-18-9-11-19(12-10-18)28-15-23-25-26-28/h5-12,15,20H,2-4,13-14H2,1H3,(H,24,29)/t20-/m1/s1. The zero-order valence-corrected chi connectivity index (χ0v) is 17.3. The summed E-state index contributed by atoms with van der Waals surface area (Å²) in [6, 6.07) is 14.5. The molecule has 9 heteroatoms. The predicted molar refractivity (Wildman–Crippen MR) is 114 cm³/mol. The zero-order valence-electron chi connectivity index (χ0n) is 17.3. The highest BCUT2D eigenvalue weighted by Crippen LogP contribution is 2.22. The van der Waals surface area contributed by atoms with Crippen molar-refractivity contribution in [1.82, 2.24) is 25.1 Å². The summed E-state index contributed by atoms with van der Waals surface area (Å²) in [5.74, 6) is -0.367. The summed E-state index contributed by atoms with van der Waals surface area (Å²) in [5.41, 5.74) is 3.12. The molecule has 4 rings (SSSR count). The molecule has 1 fully saturated rings. The number of piperidine rings is 1. The van der Waals surface area contributed by atoms with Crippen molar-refractivity contribution in [3.63, 3.8) is 0 Å². The third-order valence-corrected chi connectivity index (χ3v) is 5.43. The van der Waals surface area contributed by atoms with Gasteiger partial charge in [-0.05, 0) is 71.8 Å². The van der Waals surface area contributed by atoms with E-state index in [2.05, 4.69) is 25.7 Å². The van der Waals surface area contributed by atoms with Gasteiger partial charge in [0.15, 0.2) is 0 Å². The lowest BCUT2D eigenvalue weighted by molar-refractivity contribution is -0.122. The van der Waals surface area contributed by atoms with Gasteiger partial charge in [0.1, 0.15) is 6.33 Å². The van der Waals surface area contributed by atoms with E-state index in [1.54, 1.807) is 16.8 Å². The lowest BCUT2D eigenvalue weighted by Crippen LogP contribution is -2.46. The zero-order chi connectivity index (χ0) is 21.6. The van der Waals surface area contributed by atoms with Gasteiger partial charge in [-0.2, -0.15) is 0 Å². The van der Waals surface area contributed by atoms with Gasteiger partial charge in [-0.15, -0.1) is 5.10 Å². The summed E-state index contributed by atoms with van der Waals surface area (Å²) in [4.78, 5) is 26.8. The lowest BCUT2D eigenvalue weighted by Gasteiger charge is -2.34. The first-order valence-electron chi connectivity index (χ1n) is 10.2. The fourth-order valence-electron chi connectivity index (χ4n) is 3.78. The Morgan fingerprint density at radius 1 is 1.10 bits per heavy atom. The molecule has 1 saturated heterocycles. The van der Waals surface area contributed by atoms with Crippen molar-refractivity contribution in [2.45, 2.75) is 31.8 Å². The quantitative estimate of drug-likeness (QED) is 0.611.